The van der Waals surface area contributed by atoms with E-state index in [2.05, 4.69) is 26.0 Å². The van der Waals surface area contributed by atoms with Crippen LogP contribution in [0.4, 0.5) is 5.82 Å². The van der Waals surface area contributed by atoms with Crippen molar-refractivity contribution in [3.05, 3.63) is 6.20 Å². The molecule has 0 atom stereocenters. The van der Waals surface area contributed by atoms with Crippen molar-refractivity contribution < 1.29 is 0 Å². The van der Waals surface area contributed by atoms with Crippen LogP contribution in [0.1, 0.15) is 0 Å². The highest BCUT2D eigenvalue weighted by atomic mass is 15.5. The fourth-order valence-corrected chi connectivity index (χ4v) is 0.264. The summed E-state index contributed by atoms with van der Waals surface area (Å²) >= 11 is 0. The zero-order chi connectivity index (χ0) is 5.82. The number of rotatable bonds is 1. The molecule has 0 amide bonds. The summed E-state index contributed by atoms with van der Waals surface area (Å²) in [5.74, 6) is 5.33. The maximum Gasteiger partial charge on any atom is 0.184 e. The summed E-state index contributed by atoms with van der Waals surface area (Å²) in [6.07, 6.45) is 1.37. The second kappa shape index (κ2) is 2.12. The monoisotopic (exact) mass is 112 g/mol. The summed E-state index contributed by atoms with van der Waals surface area (Å²) in [5.41, 5.74) is 2.25. The molecular weight excluding hydrogens is 108 g/mol. The fraction of sp³-hybridized carbons (Fsp3) is 0. The first-order valence-electron chi connectivity index (χ1n) is 1.91. The van der Waals surface area contributed by atoms with E-state index in [1.807, 2.05) is 0 Å². The van der Waals surface area contributed by atoms with E-state index in [1.54, 1.807) is 0 Å². The largest absolute Gasteiger partial charge is 0.306 e. The standard InChI is InChI=1S/C2H4N6/c3-5-2-1-4-7-8-6-2/h1H,3H2,(H,5,6,7). The number of hydrogen-bond acceptors (Lipinski definition) is 6. The smallest absolute Gasteiger partial charge is 0.184 e. The topological polar surface area (TPSA) is 89.6 Å². The van der Waals surface area contributed by atoms with Crippen molar-refractivity contribution in [3.8, 4) is 0 Å². The van der Waals surface area contributed by atoms with E-state index in [4.69, 9.17) is 5.84 Å². The number of nitrogen functional groups attached to an aromatic ring is 1. The van der Waals surface area contributed by atoms with E-state index in [0.29, 0.717) is 5.82 Å². The molecule has 0 bridgehead atoms. The maximum absolute atomic E-state index is 4.93. The minimum atomic E-state index is 0.403. The third-order valence-corrected chi connectivity index (χ3v) is 0.572. The number of hydrogen-bond donors (Lipinski definition) is 2. The van der Waals surface area contributed by atoms with Gasteiger partial charge in [-0.25, -0.2) is 5.84 Å². The first-order valence-corrected chi connectivity index (χ1v) is 1.91. The molecule has 0 radical (unpaired) electrons. The molecule has 0 saturated carbocycles. The van der Waals surface area contributed by atoms with E-state index in [0.717, 1.165) is 0 Å². The number of nitrogens with zero attached hydrogens (tertiary/aromatic N) is 4. The normalized spacial score (nSPS) is 8.62. The van der Waals surface area contributed by atoms with E-state index >= 15 is 0 Å². The van der Waals surface area contributed by atoms with Gasteiger partial charge < -0.3 is 5.43 Å². The van der Waals surface area contributed by atoms with E-state index < -0.39 is 0 Å². The molecule has 6 heteroatoms. The Labute approximate surface area is 45.1 Å². The molecule has 0 aliphatic carbocycles. The molecule has 1 aromatic heterocycles. The van der Waals surface area contributed by atoms with Crippen LogP contribution in [0, 0.1) is 0 Å². The average Bonchev–Trinajstić information content (AvgIpc) is 1.90. The van der Waals surface area contributed by atoms with E-state index in [-0.39, 0.29) is 0 Å². The van der Waals surface area contributed by atoms with Crippen LogP contribution in [-0.2, 0) is 0 Å². The number of nitrogens with two attached hydrogens (primary N) is 1. The van der Waals surface area contributed by atoms with Crippen molar-refractivity contribution >= 4 is 5.82 Å². The quantitative estimate of drug-likeness (QED) is 0.341. The lowest BCUT2D eigenvalue weighted by molar-refractivity contribution is 0.764. The van der Waals surface area contributed by atoms with Crippen LogP contribution in [0.3, 0.4) is 0 Å². The Morgan fingerprint density at radius 1 is 1.50 bits per heavy atom. The molecule has 1 rings (SSSR count). The summed E-state index contributed by atoms with van der Waals surface area (Å²) in [7, 11) is 0. The van der Waals surface area contributed by atoms with Crippen LogP contribution >= 0.6 is 0 Å². The zero-order valence-corrected chi connectivity index (χ0v) is 3.94. The number of hydrazine groups is 1. The van der Waals surface area contributed by atoms with Gasteiger partial charge >= 0.3 is 0 Å². The van der Waals surface area contributed by atoms with E-state index in [1.165, 1.54) is 6.20 Å². The summed E-state index contributed by atoms with van der Waals surface area (Å²) in [5, 5.41) is 13.2. The van der Waals surface area contributed by atoms with Crippen LogP contribution < -0.4 is 11.3 Å². The van der Waals surface area contributed by atoms with Crippen LogP contribution in [0.2, 0.25) is 0 Å². The summed E-state index contributed by atoms with van der Waals surface area (Å²) < 4.78 is 0. The van der Waals surface area contributed by atoms with Gasteiger partial charge in [-0.3, -0.25) is 0 Å². The Hall–Kier alpha value is -1.30. The average molecular weight is 112 g/mol. The molecule has 3 N–H and O–H groups in total. The predicted molar refractivity (Wildman–Crippen MR) is 25.4 cm³/mol. The molecule has 1 heterocycles. The third kappa shape index (κ3) is 0.850. The van der Waals surface area contributed by atoms with Crippen molar-refractivity contribution in [2.75, 3.05) is 5.43 Å². The molecule has 0 unspecified atom stereocenters. The number of anilines is 1. The van der Waals surface area contributed by atoms with Crippen LogP contribution in [0.15, 0.2) is 6.20 Å². The van der Waals surface area contributed by atoms with Gasteiger partial charge in [-0.1, -0.05) is 0 Å². The molecule has 6 nitrogen and oxygen atoms in total. The number of nitrogens with one attached hydrogen (secondary N) is 1. The Balaban J connectivity index is 2.83. The minimum absolute atomic E-state index is 0.403. The Morgan fingerprint density at radius 3 is 2.75 bits per heavy atom. The lowest BCUT2D eigenvalue weighted by Gasteiger charge is -1.89. The molecule has 1 aromatic rings. The van der Waals surface area contributed by atoms with Gasteiger partial charge in [-0.15, -0.1) is 10.2 Å². The van der Waals surface area contributed by atoms with Crippen LogP contribution in [0.25, 0.3) is 0 Å². The molecule has 0 aliphatic heterocycles. The van der Waals surface area contributed by atoms with Gasteiger partial charge in [0, 0.05) is 0 Å². The van der Waals surface area contributed by atoms with Gasteiger partial charge in [0.05, 0.1) is 6.20 Å². The molecule has 0 spiro atoms. The maximum atomic E-state index is 4.93. The summed E-state index contributed by atoms with van der Waals surface area (Å²) in [6, 6.07) is 0. The van der Waals surface area contributed by atoms with Gasteiger partial charge in [0.2, 0.25) is 0 Å². The van der Waals surface area contributed by atoms with Crippen molar-refractivity contribution in [1.29, 1.82) is 0 Å². The Kier molecular flexibility index (Phi) is 1.29. The summed E-state index contributed by atoms with van der Waals surface area (Å²) in [4.78, 5) is 0. The van der Waals surface area contributed by atoms with Gasteiger partial charge in [-0.05, 0) is 10.4 Å². The molecule has 0 aromatic carbocycles. The highest BCUT2D eigenvalue weighted by Gasteiger charge is 1.84. The van der Waals surface area contributed by atoms with E-state index in [9.17, 15) is 0 Å². The van der Waals surface area contributed by atoms with Crippen molar-refractivity contribution in [1.82, 2.24) is 20.6 Å². The second-order valence-electron chi connectivity index (χ2n) is 1.05. The molecule has 8 heavy (non-hydrogen) atoms. The lowest BCUT2D eigenvalue weighted by atomic mass is 10.8. The first kappa shape index (κ1) is 4.85. The number of aromatic nitrogens is 4. The van der Waals surface area contributed by atoms with Gasteiger partial charge in [-0.2, -0.15) is 0 Å². The minimum Gasteiger partial charge on any atom is -0.306 e. The third-order valence-electron chi connectivity index (χ3n) is 0.572. The molecule has 42 valence electrons. The lowest BCUT2D eigenvalue weighted by Crippen LogP contribution is -2.09. The fourth-order valence-electron chi connectivity index (χ4n) is 0.264. The molecule has 0 aliphatic rings. The van der Waals surface area contributed by atoms with Gasteiger partial charge in [0.15, 0.2) is 5.82 Å². The van der Waals surface area contributed by atoms with Crippen molar-refractivity contribution in [2.45, 2.75) is 0 Å². The highest BCUT2D eigenvalue weighted by molar-refractivity contribution is 5.24. The molecule has 0 fully saturated rings. The van der Waals surface area contributed by atoms with Gasteiger partial charge in [0.1, 0.15) is 0 Å². The summed E-state index contributed by atoms with van der Waals surface area (Å²) in [6.45, 7) is 0. The second-order valence-corrected chi connectivity index (χ2v) is 1.05. The van der Waals surface area contributed by atoms with Crippen LogP contribution in [0.5, 0.6) is 0 Å². The Bertz CT molecular complexity index is 148. The Morgan fingerprint density at radius 2 is 2.38 bits per heavy atom. The van der Waals surface area contributed by atoms with Gasteiger partial charge in [0.25, 0.3) is 0 Å². The molecular formula is C2H4N6. The van der Waals surface area contributed by atoms with Crippen LogP contribution in [-0.4, -0.2) is 20.6 Å². The first-order chi connectivity index (χ1) is 3.93. The molecule has 0 saturated heterocycles. The zero-order valence-electron chi connectivity index (χ0n) is 3.94. The van der Waals surface area contributed by atoms with Crippen molar-refractivity contribution in [3.63, 3.8) is 0 Å². The SMILES string of the molecule is NNc1cnnnn1. The predicted octanol–water partition coefficient (Wildman–Crippen LogP) is -1.45. The highest BCUT2D eigenvalue weighted by Crippen LogP contribution is 1.86. The van der Waals surface area contributed by atoms with Crippen molar-refractivity contribution in [2.24, 2.45) is 5.84 Å².